The molecule has 0 bridgehead atoms. The van der Waals surface area contributed by atoms with E-state index in [2.05, 4.69) is 44.7 Å². The first-order chi connectivity index (χ1) is 12.2. The van der Waals surface area contributed by atoms with E-state index in [9.17, 15) is 0 Å². The van der Waals surface area contributed by atoms with Gasteiger partial charge in [0.15, 0.2) is 0 Å². The van der Waals surface area contributed by atoms with Crippen LogP contribution in [0.25, 0.3) is 11.0 Å². The number of aryl methyl sites for hydroxylation is 1. The maximum atomic E-state index is 5.39. The molecule has 0 saturated carbocycles. The number of nitrogens with one attached hydrogen (secondary N) is 1. The number of hydrogen-bond acceptors (Lipinski definition) is 5. The average Bonchev–Trinajstić information content (AvgIpc) is 3.24. The molecule has 0 aliphatic heterocycles. The van der Waals surface area contributed by atoms with Gasteiger partial charge in [0.25, 0.3) is 0 Å². The Balaban J connectivity index is 1.73. The fraction of sp³-hybridized carbons (Fsp3) is 0.211. The standard InChI is InChI=1S/C19H19N5O/c1-13-14(2)24(11-15-5-3-7-20-9-15)19-17(13)18(22-12-23-19)21-10-16-6-4-8-25-16/h3-9,12H,10-11H2,1-2H3,(H,21,22,23). The van der Waals surface area contributed by atoms with Gasteiger partial charge in [0.1, 0.15) is 23.6 Å². The normalized spacial score (nSPS) is 11.1. The van der Waals surface area contributed by atoms with Crippen LogP contribution in [0.1, 0.15) is 22.6 Å². The molecule has 0 radical (unpaired) electrons. The summed E-state index contributed by atoms with van der Waals surface area (Å²) < 4.78 is 7.60. The van der Waals surface area contributed by atoms with Gasteiger partial charge < -0.3 is 14.3 Å². The van der Waals surface area contributed by atoms with Crippen molar-refractivity contribution >= 4 is 16.9 Å². The summed E-state index contributed by atoms with van der Waals surface area (Å²) in [4.78, 5) is 13.2. The van der Waals surface area contributed by atoms with Crippen LogP contribution >= 0.6 is 0 Å². The van der Waals surface area contributed by atoms with E-state index in [-0.39, 0.29) is 0 Å². The highest BCUT2D eigenvalue weighted by Crippen LogP contribution is 2.29. The van der Waals surface area contributed by atoms with Crippen molar-refractivity contribution in [3.63, 3.8) is 0 Å². The van der Waals surface area contributed by atoms with E-state index in [1.165, 1.54) is 11.3 Å². The maximum absolute atomic E-state index is 5.39. The monoisotopic (exact) mass is 333 g/mol. The first kappa shape index (κ1) is 15.4. The zero-order valence-electron chi connectivity index (χ0n) is 14.2. The number of furan rings is 1. The van der Waals surface area contributed by atoms with Crippen LogP contribution in [0.3, 0.4) is 0 Å². The smallest absolute Gasteiger partial charge is 0.146 e. The Morgan fingerprint density at radius 1 is 1.16 bits per heavy atom. The molecule has 0 aliphatic carbocycles. The topological polar surface area (TPSA) is 68.8 Å². The number of hydrogen-bond donors (Lipinski definition) is 1. The van der Waals surface area contributed by atoms with E-state index in [0.717, 1.165) is 34.7 Å². The molecule has 25 heavy (non-hydrogen) atoms. The van der Waals surface area contributed by atoms with Gasteiger partial charge in [-0.25, -0.2) is 9.97 Å². The summed E-state index contributed by atoms with van der Waals surface area (Å²) in [6.45, 7) is 5.55. The molecule has 4 aromatic rings. The lowest BCUT2D eigenvalue weighted by Gasteiger charge is -2.08. The third-order valence-electron chi connectivity index (χ3n) is 4.48. The Kier molecular flexibility index (Phi) is 3.93. The number of anilines is 1. The van der Waals surface area contributed by atoms with E-state index in [1.807, 2.05) is 24.4 Å². The van der Waals surface area contributed by atoms with E-state index in [1.54, 1.807) is 18.8 Å². The molecule has 0 amide bonds. The molecule has 0 unspecified atom stereocenters. The SMILES string of the molecule is Cc1c(C)n(Cc2cccnc2)c2ncnc(NCc3ccco3)c12. The minimum atomic E-state index is 0.589. The van der Waals surface area contributed by atoms with Crippen molar-refractivity contribution < 1.29 is 4.42 Å². The van der Waals surface area contributed by atoms with Crippen LogP contribution < -0.4 is 5.32 Å². The molecule has 0 aromatic carbocycles. The van der Waals surface area contributed by atoms with Crippen LogP contribution in [-0.4, -0.2) is 19.5 Å². The van der Waals surface area contributed by atoms with Crippen molar-refractivity contribution in [3.8, 4) is 0 Å². The molecule has 0 atom stereocenters. The van der Waals surface area contributed by atoms with E-state index >= 15 is 0 Å². The summed E-state index contributed by atoms with van der Waals surface area (Å²) in [5.74, 6) is 1.70. The summed E-state index contributed by atoms with van der Waals surface area (Å²) in [5.41, 5.74) is 4.43. The fourth-order valence-corrected chi connectivity index (χ4v) is 3.05. The van der Waals surface area contributed by atoms with Gasteiger partial charge in [-0.1, -0.05) is 6.07 Å². The zero-order valence-corrected chi connectivity index (χ0v) is 14.2. The Labute approximate surface area is 145 Å². The Morgan fingerprint density at radius 2 is 2.08 bits per heavy atom. The second kappa shape index (κ2) is 6.39. The van der Waals surface area contributed by atoms with Crippen LogP contribution in [0.5, 0.6) is 0 Å². The molecule has 4 rings (SSSR count). The molecule has 1 N–H and O–H groups in total. The van der Waals surface area contributed by atoms with Crippen molar-refractivity contribution in [1.82, 2.24) is 19.5 Å². The molecule has 4 aromatic heterocycles. The number of rotatable bonds is 5. The zero-order chi connectivity index (χ0) is 17.2. The lowest BCUT2D eigenvalue weighted by molar-refractivity contribution is 0.518. The van der Waals surface area contributed by atoms with Crippen molar-refractivity contribution in [2.45, 2.75) is 26.9 Å². The Bertz CT molecular complexity index is 990. The van der Waals surface area contributed by atoms with Gasteiger partial charge in [0.05, 0.1) is 24.7 Å². The summed E-state index contributed by atoms with van der Waals surface area (Å²) in [6.07, 6.45) is 6.95. The molecule has 126 valence electrons. The van der Waals surface area contributed by atoms with E-state index < -0.39 is 0 Å². The maximum Gasteiger partial charge on any atom is 0.146 e. The largest absolute Gasteiger partial charge is 0.467 e. The van der Waals surface area contributed by atoms with Crippen molar-refractivity contribution in [3.05, 3.63) is 71.8 Å². The lowest BCUT2D eigenvalue weighted by Crippen LogP contribution is -2.04. The average molecular weight is 333 g/mol. The van der Waals surface area contributed by atoms with Gasteiger partial charge >= 0.3 is 0 Å². The Hall–Kier alpha value is -3.15. The second-order valence-corrected chi connectivity index (χ2v) is 6.01. The van der Waals surface area contributed by atoms with Gasteiger partial charge in [0.2, 0.25) is 0 Å². The van der Waals surface area contributed by atoms with E-state index in [4.69, 9.17) is 4.42 Å². The van der Waals surface area contributed by atoms with Gasteiger partial charge in [-0.2, -0.15) is 0 Å². The lowest BCUT2D eigenvalue weighted by atomic mass is 10.2. The van der Waals surface area contributed by atoms with Crippen molar-refractivity contribution in [2.24, 2.45) is 0 Å². The molecule has 0 spiro atoms. The van der Waals surface area contributed by atoms with Crippen LogP contribution in [0, 0.1) is 13.8 Å². The van der Waals surface area contributed by atoms with E-state index in [0.29, 0.717) is 6.54 Å². The van der Waals surface area contributed by atoms with Crippen molar-refractivity contribution in [2.75, 3.05) is 5.32 Å². The third kappa shape index (κ3) is 2.87. The number of nitrogens with zero attached hydrogens (tertiary/aromatic N) is 4. The van der Waals surface area contributed by atoms with Crippen LogP contribution in [0.2, 0.25) is 0 Å². The number of aromatic nitrogens is 4. The Morgan fingerprint density at radius 3 is 2.84 bits per heavy atom. The summed E-state index contributed by atoms with van der Waals surface area (Å²) in [7, 11) is 0. The third-order valence-corrected chi connectivity index (χ3v) is 4.48. The molecular formula is C19H19N5O. The molecule has 6 heteroatoms. The van der Waals surface area contributed by atoms with Gasteiger partial charge in [-0.15, -0.1) is 0 Å². The molecule has 6 nitrogen and oxygen atoms in total. The molecule has 4 heterocycles. The fourth-order valence-electron chi connectivity index (χ4n) is 3.05. The summed E-state index contributed by atoms with van der Waals surface area (Å²) in [6, 6.07) is 7.85. The molecule has 0 aliphatic rings. The summed E-state index contributed by atoms with van der Waals surface area (Å²) in [5, 5.41) is 4.42. The molecule has 0 saturated heterocycles. The minimum absolute atomic E-state index is 0.589. The highest BCUT2D eigenvalue weighted by molar-refractivity contribution is 5.91. The number of pyridine rings is 1. The van der Waals surface area contributed by atoms with Crippen LogP contribution in [0.4, 0.5) is 5.82 Å². The van der Waals surface area contributed by atoms with Gasteiger partial charge in [-0.3, -0.25) is 4.98 Å². The van der Waals surface area contributed by atoms with Crippen molar-refractivity contribution in [1.29, 1.82) is 0 Å². The highest BCUT2D eigenvalue weighted by atomic mass is 16.3. The van der Waals surface area contributed by atoms with Gasteiger partial charge in [-0.05, 0) is 43.2 Å². The predicted molar refractivity (Wildman–Crippen MR) is 96.4 cm³/mol. The second-order valence-electron chi connectivity index (χ2n) is 6.01. The number of fused-ring (bicyclic) bond motifs is 1. The molecule has 0 fully saturated rings. The quantitative estimate of drug-likeness (QED) is 0.603. The van der Waals surface area contributed by atoms with Crippen LogP contribution in [-0.2, 0) is 13.1 Å². The minimum Gasteiger partial charge on any atom is -0.467 e. The predicted octanol–water partition coefficient (Wildman–Crippen LogP) is 3.70. The first-order valence-electron chi connectivity index (χ1n) is 8.19. The first-order valence-corrected chi connectivity index (χ1v) is 8.19. The summed E-state index contributed by atoms with van der Waals surface area (Å²) >= 11 is 0. The van der Waals surface area contributed by atoms with Crippen LogP contribution in [0.15, 0.2) is 53.7 Å². The van der Waals surface area contributed by atoms with Gasteiger partial charge in [0, 0.05) is 18.1 Å². The highest BCUT2D eigenvalue weighted by Gasteiger charge is 2.16. The molecular weight excluding hydrogens is 314 g/mol.